The van der Waals surface area contributed by atoms with Crippen LogP contribution < -0.4 is 9.47 Å². The third kappa shape index (κ3) is 8.35. The molecule has 0 atom stereocenters. The zero-order valence-corrected chi connectivity index (χ0v) is 29.6. The molecule has 7 heteroatoms. The number of nitrogens with zero attached hydrogens (tertiary/aromatic N) is 2. The number of methoxy groups -OCH3 is 2. The topological polar surface area (TPSA) is 71.8 Å². The predicted octanol–water partition coefficient (Wildman–Crippen LogP) is 9.11. The van der Waals surface area contributed by atoms with Gasteiger partial charge in [-0.05, 0) is 64.9 Å². The smallest absolute Gasteiger partial charge is 0.155 e. The summed E-state index contributed by atoms with van der Waals surface area (Å²) >= 11 is 0. The minimum atomic E-state index is -2.61. The molecule has 0 fully saturated rings. The largest absolute Gasteiger partial charge is 0.497 e. The van der Waals surface area contributed by atoms with Gasteiger partial charge in [-0.2, -0.15) is 5.26 Å². The lowest BCUT2D eigenvalue weighted by atomic mass is 9.80. The summed E-state index contributed by atoms with van der Waals surface area (Å²) in [6.07, 6.45) is 1.88. The Morgan fingerprint density at radius 1 is 0.681 bits per heavy atom. The van der Waals surface area contributed by atoms with E-state index < -0.39 is 12.9 Å². The van der Waals surface area contributed by atoms with Crippen LogP contribution in [-0.2, 0) is 27.7 Å². The fourth-order valence-corrected chi connectivity index (χ4v) is 9.70. The maximum absolute atomic E-state index is 14.1. The van der Waals surface area contributed by atoms with E-state index in [1.807, 2.05) is 70.2 Å². The highest BCUT2D eigenvalue weighted by molar-refractivity contribution is 7.62. The summed E-state index contributed by atoms with van der Waals surface area (Å²) < 4.78 is 34.1. The lowest BCUT2D eigenvalue weighted by Crippen LogP contribution is -2.33. The minimum Gasteiger partial charge on any atom is -0.497 e. The highest BCUT2D eigenvalue weighted by Gasteiger charge is 2.38. The molecule has 248 valence electrons. The zero-order valence-electron chi connectivity index (χ0n) is 28.7. The van der Waals surface area contributed by atoms with Gasteiger partial charge in [0.2, 0.25) is 0 Å². The van der Waals surface area contributed by atoms with Crippen molar-refractivity contribution >= 4 is 7.29 Å². The Morgan fingerprint density at radius 3 is 1.60 bits per heavy atom. The Bertz CT molecular complexity index is 1550. The summed E-state index contributed by atoms with van der Waals surface area (Å²) in [5.74, 6) is 1.57. The highest BCUT2D eigenvalue weighted by atomic mass is 31.2. The van der Waals surface area contributed by atoms with Crippen molar-refractivity contribution in [3.05, 3.63) is 131 Å². The molecule has 0 aliphatic rings. The molecule has 0 unspecified atom stereocenters. The van der Waals surface area contributed by atoms with Crippen LogP contribution in [-0.4, -0.2) is 49.9 Å². The maximum atomic E-state index is 14.1. The lowest BCUT2D eigenvalue weighted by molar-refractivity contribution is 0.0147. The van der Waals surface area contributed by atoms with Crippen LogP contribution in [0, 0.1) is 11.3 Å². The quantitative estimate of drug-likeness (QED) is 0.0837. The maximum Gasteiger partial charge on any atom is 0.155 e. The first kappa shape index (κ1) is 36.0. The molecule has 0 N–H and O–H groups in total. The Labute approximate surface area is 281 Å². The van der Waals surface area contributed by atoms with Crippen molar-refractivity contribution in [1.82, 2.24) is 4.67 Å². The van der Waals surface area contributed by atoms with Crippen LogP contribution in [0.15, 0.2) is 103 Å². The van der Waals surface area contributed by atoms with Crippen molar-refractivity contribution < 1.29 is 18.8 Å². The zero-order chi connectivity index (χ0) is 33.9. The molecule has 0 aliphatic carbocycles. The van der Waals surface area contributed by atoms with Gasteiger partial charge < -0.3 is 18.8 Å². The molecule has 47 heavy (non-hydrogen) atoms. The molecule has 4 aromatic rings. The van der Waals surface area contributed by atoms with Gasteiger partial charge >= 0.3 is 0 Å². The molecule has 0 amide bonds. The van der Waals surface area contributed by atoms with E-state index >= 15 is 0 Å². The second-order valence-electron chi connectivity index (χ2n) is 12.4. The van der Waals surface area contributed by atoms with Gasteiger partial charge in [0.25, 0.3) is 0 Å². The lowest BCUT2D eigenvalue weighted by Gasteiger charge is -2.37. The summed E-state index contributed by atoms with van der Waals surface area (Å²) in [6, 6.07) is 37.4. The molecule has 0 spiro atoms. The SMILES string of the molecule is COc1ccc(C(OCCc2ccc(CCN(CCC#N)P(=O)(C(C)C)C(C)C)cc2)(c2ccccc2)c2ccc(OC)cc2)cc1. The number of nitriles is 1. The Hall–Kier alpha value is -3.88. The predicted molar refractivity (Wildman–Crippen MR) is 192 cm³/mol. The van der Waals surface area contributed by atoms with Crippen LogP contribution in [0.1, 0.15) is 61.9 Å². The van der Waals surface area contributed by atoms with Crippen LogP contribution in [0.2, 0.25) is 0 Å². The van der Waals surface area contributed by atoms with Crippen molar-refractivity contribution in [1.29, 1.82) is 5.26 Å². The first-order valence-electron chi connectivity index (χ1n) is 16.5. The van der Waals surface area contributed by atoms with Gasteiger partial charge in [-0.3, -0.25) is 4.67 Å². The first-order chi connectivity index (χ1) is 22.7. The van der Waals surface area contributed by atoms with Crippen molar-refractivity contribution in [2.24, 2.45) is 0 Å². The van der Waals surface area contributed by atoms with Crippen molar-refractivity contribution in [3.8, 4) is 17.6 Å². The third-order valence-electron chi connectivity index (χ3n) is 8.97. The van der Waals surface area contributed by atoms with E-state index in [4.69, 9.17) is 14.2 Å². The van der Waals surface area contributed by atoms with Gasteiger partial charge in [-0.25, -0.2) is 0 Å². The number of hydrogen-bond acceptors (Lipinski definition) is 5. The molecule has 0 aliphatic heterocycles. The fraction of sp³-hybridized carbons (Fsp3) is 0.375. The molecule has 0 bridgehead atoms. The molecular weight excluding hydrogens is 603 g/mol. The van der Waals surface area contributed by atoms with E-state index in [2.05, 4.69) is 71.4 Å². The van der Waals surface area contributed by atoms with E-state index in [9.17, 15) is 9.83 Å². The van der Waals surface area contributed by atoms with Crippen molar-refractivity contribution in [2.75, 3.05) is 33.9 Å². The minimum absolute atomic E-state index is 0.0439. The Kier molecular flexibility index (Phi) is 12.9. The molecule has 0 saturated heterocycles. The first-order valence-corrected chi connectivity index (χ1v) is 18.3. The normalized spacial score (nSPS) is 12.0. The van der Waals surface area contributed by atoms with E-state index in [1.54, 1.807) is 14.2 Å². The molecular formula is C40H49N2O4P. The number of hydrogen-bond donors (Lipinski definition) is 0. The van der Waals surface area contributed by atoms with Gasteiger partial charge in [0, 0.05) is 30.8 Å². The van der Waals surface area contributed by atoms with E-state index in [1.165, 1.54) is 11.1 Å². The summed E-state index contributed by atoms with van der Waals surface area (Å²) in [5, 5.41) is 9.25. The summed E-state index contributed by atoms with van der Waals surface area (Å²) in [6.45, 7) is 9.82. The second-order valence-corrected chi connectivity index (χ2v) is 16.4. The highest BCUT2D eigenvalue weighted by Crippen LogP contribution is 2.58. The van der Waals surface area contributed by atoms with E-state index in [0.717, 1.165) is 41.0 Å². The summed E-state index contributed by atoms with van der Waals surface area (Å²) in [5.41, 5.74) is 4.64. The van der Waals surface area contributed by atoms with Crippen LogP contribution in [0.25, 0.3) is 0 Å². The Balaban J connectivity index is 1.56. The van der Waals surface area contributed by atoms with Crippen molar-refractivity contribution in [3.63, 3.8) is 0 Å². The van der Waals surface area contributed by atoms with Crippen LogP contribution >= 0.6 is 7.29 Å². The molecule has 6 nitrogen and oxygen atoms in total. The molecule has 4 rings (SSSR count). The van der Waals surface area contributed by atoms with E-state index in [0.29, 0.717) is 26.1 Å². The van der Waals surface area contributed by atoms with Gasteiger partial charge in [0.1, 0.15) is 17.1 Å². The second kappa shape index (κ2) is 16.8. The molecule has 0 radical (unpaired) electrons. The molecule has 0 heterocycles. The van der Waals surface area contributed by atoms with Crippen molar-refractivity contribution in [2.45, 2.75) is 63.9 Å². The average Bonchev–Trinajstić information content (AvgIpc) is 3.11. The summed E-state index contributed by atoms with van der Waals surface area (Å²) in [7, 11) is 0.729. The van der Waals surface area contributed by atoms with Crippen LogP contribution in [0.4, 0.5) is 0 Å². The van der Waals surface area contributed by atoms with Gasteiger partial charge in [0.05, 0.1) is 26.9 Å². The molecule has 4 aromatic carbocycles. The number of rotatable bonds is 17. The summed E-state index contributed by atoms with van der Waals surface area (Å²) in [4.78, 5) is 0. The van der Waals surface area contributed by atoms with Crippen LogP contribution in [0.3, 0.4) is 0 Å². The monoisotopic (exact) mass is 652 g/mol. The average molecular weight is 653 g/mol. The van der Waals surface area contributed by atoms with Gasteiger partial charge in [-0.15, -0.1) is 0 Å². The standard InChI is InChI=1S/C40H49N2O4P/c1-31(2)47(43,32(3)4)42(28-10-27-41)29-25-33-13-15-34(16-14-33)26-30-46-40(35-11-8-7-9-12-35,36-17-21-38(44-5)22-18-36)37-19-23-39(45-6)24-20-37/h7-9,11-24,31-32H,10,25-26,28-30H2,1-6H3. The molecule has 0 aromatic heterocycles. The Morgan fingerprint density at radius 2 is 1.15 bits per heavy atom. The fourth-order valence-electron chi connectivity index (χ4n) is 6.38. The van der Waals surface area contributed by atoms with Gasteiger partial charge in [0.15, 0.2) is 7.29 Å². The van der Waals surface area contributed by atoms with Gasteiger partial charge in [-0.1, -0.05) is 107 Å². The molecule has 0 saturated carbocycles. The van der Waals surface area contributed by atoms with E-state index in [-0.39, 0.29) is 11.3 Å². The third-order valence-corrected chi connectivity index (χ3v) is 13.2. The number of ether oxygens (including phenoxy) is 3. The van der Waals surface area contributed by atoms with Crippen LogP contribution in [0.5, 0.6) is 11.5 Å². The number of benzene rings is 4.